The number of nitrogens with two attached hydrogens (primary N) is 2. The average molecular weight is 401 g/mol. The lowest BCUT2D eigenvalue weighted by Gasteiger charge is -2.10. The molecule has 2 rings (SSSR count). The first-order valence-electron chi connectivity index (χ1n) is 6.20. The van der Waals surface area contributed by atoms with E-state index >= 15 is 0 Å². The highest BCUT2D eigenvalue weighted by Gasteiger charge is 2.18. The minimum Gasteiger partial charge on any atom is -0.507 e. The Bertz CT molecular complexity index is 776. The minimum atomic E-state index is -0.251. The summed E-state index contributed by atoms with van der Waals surface area (Å²) >= 11 is 3.39. The van der Waals surface area contributed by atoms with Gasteiger partial charge in [-0.1, -0.05) is 15.9 Å². The number of aryl methyl sites for hydroxylation is 1. The molecule has 0 radical (unpaired) electrons. The molecule has 0 aliphatic rings. The Hall–Kier alpha value is -2.32. The number of pyridine rings is 1. The van der Waals surface area contributed by atoms with Gasteiger partial charge in [0.25, 0.3) is 0 Å². The van der Waals surface area contributed by atoms with Gasteiger partial charge >= 0.3 is 0 Å². The zero-order chi connectivity index (χ0) is 16.3. The second kappa shape index (κ2) is 7.80. The fourth-order valence-electron chi connectivity index (χ4n) is 1.77. The molecule has 9 heteroatoms. The maximum absolute atomic E-state index is 10.2. The van der Waals surface area contributed by atoms with E-state index in [0.29, 0.717) is 5.56 Å². The van der Waals surface area contributed by atoms with E-state index in [1.807, 2.05) is 6.92 Å². The summed E-state index contributed by atoms with van der Waals surface area (Å²) in [4.78, 5) is 4.07. The number of hydrogen-bond donors (Lipinski definition) is 4. The Labute approximate surface area is 147 Å². The SMILES string of the molecule is Cc1cc(O)c(C(=NN=C(N)N)c2ncccc2O)cc1Br.Cl. The molecule has 6 N–H and O–H groups in total. The van der Waals surface area contributed by atoms with Crippen LogP contribution in [-0.4, -0.2) is 26.9 Å². The smallest absolute Gasteiger partial charge is 0.211 e. The molecule has 23 heavy (non-hydrogen) atoms. The van der Waals surface area contributed by atoms with Crippen molar-refractivity contribution in [2.24, 2.45) is 21.7 Å². The average Bonchev–Trinajstić information content (AvgIpc) is 2.45. The third kappa shape index (κ3) is 4.33. The molecule has 7 nitrogen and oxygen atoms in total. The largest absolute Gasteiger partial charge is 0.507 e. The molecule has 0 fully saturated rings. The van der Waals surface area contributed by atoms with E-state index in [4.69, 9.17) is 11.5 Å². The van der Waals surface area contributed by atoms with E-state index in [1.165, 1.54) is 12.3 Å². The minimum absolute atomic E-state index is 0. The third-order valence-electron chi connectivity index (χ3n) is 2.81. The van der Waals surface area contributed by atoms with Crippen molar-refractivity contribution in [3.63, 3.8) is 0 Å². The highest BCUT2D eigenvalue weighted by atomic mass is 79.9. The number of aromatic nitrogens is 1. The number of nitrogens with zero attached hydrogens (tertiary/aromatic N) is 3. The van der Waals surface area contributed by atoms with Crippen LogP contribution < -0.4 is 11.5 Å². The summed E-state index contributed by atoms with van der Waals surface area (Å²) in [7, 11) is 0. The standard InChI is InChI=1S/C14H14BrN5O2.ClH/c1-7-5-11(22)8(6-9(7)15)12(19-20-14(16)17)13-10(21)3-2-4-18-13;/h2-6,21-22H,1H3,(H4,16,17,20);1H. The number of guanidine groups is 1. The van der Waals surface area contributed by atoms with Crippen molar-refractivity contribution in [1.29, 1.82) is 0 Å². The molecule has 0 atom stereocenters. The van der Waals surface area contributed by atoms with E-state index in [-0.39, 0.29) is 41.3 Å². The van der Waals surface area contributed by atoms with E-state index < -0.39 is 0 Å². The zero-order valence-corrected chi connectivity index (χ0v) is 14.5. The van der Waals surface area contributed by atoms with E-state index in [9.17, 15) is 10.2 Å². The normalized spacial score (nSPS) is 10.8. The second-order valence-electron chi connectivity index (χ2n) is 4.46. The monoisotopic (exact) mass is 399 g/mol. The first-order chi connectivity index (χ1) is 10.4. The van der Waals surface area contributed by atoms with E-state index in [1.54, 1.807) is 18.2 Å². The predicted octanol–water partition coefficient (Wildman–Crippen LogP) is 2.01. The van der Waals surface area contributed by atoms with Crippen LogP contribution in [0.15, 0.2) is 45.1 Å². The van der Waals surface area contributed by atoms with Gasteiger partial charge in [-0.2, -0.15) is 0 Å². The summed E-state index contributed by atoms with van der Waals surface area (Å²) in [6.07, 6.45) is 1.49. The summed E-state index contributed by atoms with van der Waals surface area (Å²) in [5.41, 5.74) is 12.1. The first kappa shape index (κ1) is 18.7. The molecule has 0 amide bonds. The van der Waals surface area contributed by atoms with Crippen molar-refractivity contribution in [2.45, 2.75) is 6.92 Å². The molecule has 0 saturated carbocycles. The fraction of sp³-hybridized carbons (Fsp3) is 0.0714. The summed E-state index contributed by atoms with van der Waals surface area (Å²) in [6.45, 7) is 1.83. The Balaban J connectivity index is 0.00000264. The topological polar surface area (TPSA) is 130 Å². The molecule has 0 saturated heterocycles. The maximum atomic E-state index is 10.2. The molecule has 0 aliphatic heterocycles. The van der Waals surface area contributed by atoms with Crippen molar-refractivity contribution in [3.05, 3.63) is 51.8 Å². The van der Waals surface area contributed by atoms with Gasteiger partial charge in [-0.05, 0) is 36.8 Å². The fourth-order valence-corrected chi connectivity index (χ4v) is 2.12. The van der Waals surface area contributed by atoms with Crippen molar-refractivity contribution in [1.82, 2.24) is 4.98 Å². The highest BCUT2D eigenvalue weighted by Crippen LogP contribution is 2.29. The molecular formula is C14H15BrClN5O2. The number of phenolic OH excluding ortho intramolecular Hbond substituents is 1. The number of benzene rings is 1. The van der Waals surface area contributed by atoms with Gasteiger partial charge in [-0.3, -0.25) is 4.98 Å². The Morgan fingerprint density at radius 1 is 1.17 bits per heavy atom. The van der Waals surface area contributed by atoms with Crippen molar-refractivity contribution in [2.75, 3.05) is 0 Å². The van der Waals surface area contributed by atoms with Crippen molar-refractivity contribution < 1.29 is 10.2 Å². The van der Waals surface area contributed by atoms with Crippen LogP contribution in [0, 0.1) is 6.92 Å². The summed E-state index contributed by atoms with van der Waals surface area (Å²) in [5.74, 6) is -0.392. The quantitative estimate of drug-likeness (QED) is 0.356. The Morgan fingerprint density at radius 2 is 1.87 bits per heavy atom. The van der Waals surface area contributed by atoms with Crippen LogP contribution in [0.3, 0.4) is 0 Å². The predicted molar refractivity (Wildman–Crippen MR) is 95.1 cm³/mol. The molecule has 1 aromatic carbocycles. The van der Waals surface area contributed by atoms with Crippen molar-refractivity contribution >= 4 is 40.0 Å². The highest BCUT2D eigenvalue weighted by molar-refractivity contribution is 9.10. The van der Waals surface area contributed by atoms with E-state index in [2.05, 4.69) is 31.1 Å². The lowest BCUT2D eigenvalue weighted by atomic mass is 10.0. The van der Waals surface area contributed by atoms with Crippen LogP contribution in [0.1, 0.15) is 16.8 Å². The molecule has 0 unspecified atom stereocenters. The third-order valence-corrected chi connectivity index (χ3v) is 3.66. The molecule has 0 bridgehead atoms. The number of halogens is 2. The van der Waals surface area contributed by atoms with Crippen molar-refractivity contribution in [3.8, 4) is 11.5 Å². The lowest BCUT2D eigenvalue weighted by Crippen LogP contribution is -2.22. The maximum Gasteiger partial charge on any atom is 0.211 e. The summed E-state index contributed by atoms with van der Waals surface area (Å²) < 4.78 is 0.758. The first-order valence-corrected chi connectivity index (χ1v) is 7.00. The summed E-state index contributed by atoms with van der Waals surface area (Å²) in [6, 6.07) is 6.24. The van der Waals surface area contributed by atoms with E-state index in [0.717, 1.165) is 10.0 Å². The van der Waals surface area contributed by atoms with Crippen LogP contribution in [-0.2, 0) is 0 Å². The number of aromatic hydroxyl groups is 2. The van der Waals surface area contributed by atoms with Crippen LogP contribution in [0.25, 0.3) is 0 Å². The molecule has 0 spiro atoms. The second-order valence-corrected chi connectivity index (χ2v) is 5.32. The molecule has 122 valence electrons. The number of hydrogen-bond acceptors (Lipinski definition) is 5. The van der Waals surface area contributed by atoms with Gasteiger partial charge in [0.15, 0.2) is 0 Å². The van der Waals surface area contributed by atoms with Gasteiger partial charge in [0.05, 0.1) is 0 Å². The number of rotatable bonds is 3. The summed E-state index contributed by atoms with van der Waals surface area (Å²) in [5, 5.41) is 27.7. The van der Waals surface area contributed by atoms with Gasteiger partial charge in [-0.15, -0.1) is 22.6 Å². The van der Waals surface area contributed by atoms with Gasteiger partial charge in [0.1, 0.15) is 22.9 Å². The van der Waals surface area contributed by atoms with Gasteiger partial charge < -0.3 is 21.7 Å². The van der Waals surface area contributed by atoms with Gasteiger partial charge in [-0.25, -0.2) is 0 Å². The van der Waals surface area contributed by atoms with Gasteiger partial charge in [0, 0.05) is 16.2 Å². The Morgan fingerprint density at radius 3 is 2.48 bits per heavy atom. The van der Waals surface area contributed by atoms with Crippen LogP contribution in [0.4, 0.5) is 0 Å². The van der Waals surface area contributed by atoms with Crippen LogP contribution in [0.2, 0.25) is 0 Å². The molecule has 0 aliphatic carbocycles. The lowest BCUT2D eigenvalue weighted by molar-refractivity contribution is 0.470. The molecule has 2 aromatic rings. The van der Waals surface area contributed by atoms with Crippen LogP contribution >= 0.6 is 28.3 Å². The molecular weight excluding hydrogens is 386 g/mol. The van der Waals surface area contributed by atoms with Crippen LogP contribution in [0.5, 0.6) is 11.5 Å². The zero-order valence-electron chi connectivity index (χ0n) is 12.1. The Kier molecular flexibility index (Phi) is 6.35. The number of phenols is 1. The molecule has 1 heterocycles. The van der Waals surface area contributed by atoms with Gasteiger partial charge in [0.2, 0.25) is 5.96 Å². The molecule has 1 aromatic heterocycles.